The van der Waals surface area contributed by atoms with Gasteiger partial charge in [-0.3, -0.25) is 9.89 Å². The number of hydrogen-bond donors (Lipinski definition) is 3. The third-order valence-electron chi connectivity index (χ3n) is 3.97. The number of rotatable bonds is 2. The lowest BCUT2D eigenvalue weighted by molar-refractivity contribution is 0.0925. The topological polar surface area (TPSA) is 96.7 Å². The molecule has 1 saturated carbocycles. The number of nitrogens with one attached hydrogen (secondary N) is 2. The van der Waals surface area contributed by atoms with E-state index in [0.717, 1.165) is 36.8 Å². The van der Waals surface area contributed by atoms with Gasteiger partial charge in [-0.2, -0.15) is 5.10 Å². The average Bonchev–Trinajstić information content (AvgIpc) is 2.82. The molecule has 0 aliphatic heterocycles. The van der Waals surface area contributed by atoms with Crippen LogP contribution in [0.4, 0.5) is 0 Å². The van der Waals surface area contributed by atoms with Crippen molar-refractivity contribution in [3.63, 3.8) is 0 Å². The van der Waals surface area contributed by atoms with E-state index < -0.39 is 0 Å². The minimum Gasteiger partial charge on any atom is -0.349 e. The van der Waals surface area contributed by atoms with Gasteiger partial charge in [0.25, 0.3) is 5.91 Å². The van der Waals surface area contributed by atoms with Crippen molar-refractivity contribution in [2.75, 3.05) is 0 Å². The maximum Gasteiger partial charge on any atom is 0.253 e. The number of amides is 1. The monoisotopic (exact) mass is 345 g/mol. The van der Waals surface area contributed by atoms with Crippen molar-refractivity contribution in [3.8, 4) is 0 Å². The third-order valence-corrected chi connectivity index (χ3v) is 3.97. The standard InChI is InChI=1S/C14H19N5O.2ClH/c1-8-12-6-9(7-16-13(12)19-18-8)14(20)17-11-4-2-10(15)3-5-11;;/h6-7,10-11H,2-5,15H2,1H3,(H,17,20)(H,16,18,19);2*1H. The van der Waals surface area contributed by atoms with E-state index in [2.05, 4.69) is 20.5 Å². The van der Waals surface area contributed by atoms with Gasteiger partial charge >= 0.3 is 0 Å². The summed E-state index contributed by atoms with van der Waals surface area (Å²) in [6.07, 6.45) is 5.43. The van der Waals surface area contributed by atoms with E-state index >= 15 is 0 Å². The molecule has 2 aromatic heterocycles. The number of nitrogens with zero attached hydrogens (tertiary/aromatic N) is 2. The van der Waals surface area contributed by atoms with Crippen LogP contribution < -0.4 is 11.1 Å². The molecule has 0 atom stereocenters. The normalized spacial score (nSPS) is 20.8. The number of carbonyl (C=O) groups is 1. The summed E-state index contributed by atoms with van der Waals surface area (Å²) in [5, 5.41) is 10.9. The average molecular weight is 346 g/mol. The Bertz CT molecular complexity index is 637. The summed E-state index contributed by atoms with van der Waals surface area (Å²) in [6, 6.07) is 2.35. The van der Waals surface area contributed by atoms with Crippen LogP contribution in [0.2, 0.25) is 0 Å². The molecule has 0 saturated heterocycles. The zero-order chi connectivity index (χ0) is 14.1. The van der Waals surface area contributed by atoms with Crippen molar-refractivity contribution in [1.82, 2.24) is 20.5 Å². The van der Waals surface area contributed by atoms with Gasteiger partial charge in [-0.15, -0.1) is 24.8 Å². The second kappa shape index (κ2) is 7.76. The van der Waals surface area contributed by atoms with Gasteiger partial charge in [0.05, 0.1) is 5.56 Å². The highest BCUT2D eigenvalue weighted by Gasteiger charge is 2.21. The molecule has 0 radical (unpaired) electrons. The minimum atomic E-state index is -0.0690. The molecular weight excluding hydrogens is 325 g/mol. The lowest BCUT2D eigenvalue weighted by Gasteiger charge is -2.26. The number of fused-ring (bicyclic) bond motifs is 1. The van der Waals surface area contributed by atoms with Crippen LogP contribution in [0.25, 0.3) is 11.0 Å². The molecule has 0 bridgehead atoms. The van der Waals surface area contributed by atoms with Crippen LogP contribution in [-0.4, -0.2) is 33.2 Å². The molecule has 0 unspecified atom stereocenters. The zero-order valence-electron chi connectivity index (χ0n) is 12.3. The van der Waals surface area contributed by atoms with Crippen molar-refractivity contribution in [1.29, 1.82) is 0 Å². The smallest absolute Gasteiger partial charge is 0.253 e. The van der Waals surface area contributed by atoms with Gasteiger partial charge in [-0.1, -0.05) is 0 Å². The third kappa shape index (κ3) is 3.88. The second-order valence-electron chi connectivity index (χ2n) is 5.53. The van der Waals surface area contributed by atoms with E-state index in [9.17, 15) is 4.79 Å². The Kier molecular flexibility index (Phi) is 6.59. The lowest BCUT2D eigenvalue weighted by Crippen LogP contribution is -2.40. The molecular formula is C14H21Cl2N5O. The molecule has 0 spiro atoms. The van der Waals surface area contributed by atoms with Gasteiger partial charge in [0.1, 0.15) is 0 Å². The van der Waals surface area contributed by atoms with Gasteiger partial charge < -0.3 is 11.1 Å². The maximum atomic E-state index is 12.3. The molecule has 6 nitrogen and oxygen atoms in total. The summed E-state index contributed by atoms with van der Waals surface area (Å²) >= 11 is 0. The molecule has 1 fully saturated rings. The Hall–Kier alpha value is -1.37. The predicted molar refractivity (Wildman–Crippen MR) is 90.8 cm³/mol. The highest BCUT2D eigenvalue weighted by molar-refractivity contribution is 5.97. The van der Waals surface area contributed by atoms with Gasteiger partial charge in [-0.05, 0) is 38.7 Å². The minimum absolute atomic E-state index is 0. The highest BCUT2D eigenvalue weighted by atomic mass is 35.5. The van der Waals surface area contributed by atoms with Crippen LogP contribution in [-0.2, 0) is 0 Å². The number of hydrogen-bond acceptors (Lipinski definition) is 4. The predicted octanol–water partition coefficient (Wildman–Crippen LogP) is 2.11. The van der Waals surface area contributed by atoms with E-state index in [-0.39, 0.29) is 42.8 Å². The fourth-order valence-corrected chi connectivity index (χ4v) is 2.68. The summed E-state index contributed by atoms with van der Waals surface area (Å²) in [6.45, 7) is 1.92. The molecule has 8 heteroatoms. The Balaban J connectivity index is 0.00000121. The number of pyridine rings is 1. The zero-order valence-corrected chi connectivity index (χ0v) is 14.0. The molecule has 0 aromatic carbocycles. The van der Waals surface area contributed by atoms with Crippen molar-refractivity contribution in [2.45, 2.75) is 44.7 Å². The first kappa shape index (κ1) is 18.7. The summed E-state index contributed by atoms with van der Waals surface area (Å²) in [7, 11) is 0. The van der Waals surface area contributed by atoms with Crippen molar-refractivity contribution in [2.24, 2.45) is 5.73 Å². The largest absolute Gasteiger partial charge is 0.349 e. The summed E-state index contributed by atoms with van der Waals surface area (Å²) in [5.41, 5.74) is 8.02. The number of halogens is 2. The van der Waals surface area contributed by atoms with Crippen LogP contribution in [0.1, 0.15) is 41.7 Å². The molecule has 3 rings (SSSR count). The van der Waals surface area contributed by atoms with E-state index in [1.807, 2.05) is 13.0 Å². The second-order valence-corrected chi connectivity index (χ2v) is 5.53. The molecule has 122 valence electrons. The molecule has 22 heavy (non-hydrogen) atoms. The molecule has 1 aliphatic carbocycles. The Morgan fingerprint density at radius 2 is 2.00 bits per heavy atom. The number of aromatic nitrogens is 3. The SMILES string of the molecule is Cc1[nH]nc2ncc(C(=O)NC3CCC(N)CC3)cc12.Cl.Cl. The van der Waals surface area contributed by atoms with Crippen LogP contribution in [0.15, 0.2) is 12.3 Å². The molecule has 2 heterocycles. The fraction of sp³-hybridized carbons (Fsp3) is 0.500. The fourth-order valence-electron chi connectivity index (χ4n) is 2.68. The number of carbonyl (C=O) groups excluding carboxylic acids is 1. The first-order chi connectivity index (χ1) is 9.63. The molecule has 4 N–H and O–H groups in total. The van der Waals surface area contributed by atoms with E-state index in [1.54, 1.807) is 6.20 Å². The number of aryl methyl sites for hydroxylation is 1. The van der Waals surface area contributed by atoms with Crippen LogP contribution in [0, 0.1) is 6.92 Å². The number of H-pyrrole nitrogens is 1. The summed E-state index contributed by atoms with van der Waals surface area (Å²) in [4.78, 5) is 16.5. The summed E-state index contributed by atoms with van der Waals surface area (Å²) in [5.74, 6) is -0.0690. The van der Waals surface area contributed by atoms with E-state index in [0.29, 0.717) is 11.2 Å². The molecule has 1 amide bonds. The first-order valence-corrected chi connectivity index (χ1v) is 7.00. The summed E-state index contributed by atoms with van der Waals surface area (Å²) < 4.78 is 0. The first-order valence-electron chi connectivity index (χ1n) is 7.00. The van der Waals surface area contributed by atoms with Crippen molar-refractivity contribution < 1.29 is 4.79 Å². The lowest BCUT2D eigenvalue weighted by atomic mass is 9.91. The van der Waals surface area contributed by atoms with Gasteiger partial charge in [0, 0.05) is 29.4 Å². The Morgan fingerprint density at radius 1 is 1.32 bits per heavy atom. The van der Waals surface area contributed by atoms with Crippen LogP contribution in [0.3, 0.4) is 0 Å². The van der Waals surface area contributed by atoms with E-state index in [4.69, 9.17) is 5.73 Å². The van der Waals surface area contributed by atoms with Crippen molar-refractivity contribution in [3.05, 3.63) is 23.5 Å². The van der Waals surface area contributed by atoms with Gasteiger partial charge in [-0.25, -0.2) is 4.98 Å². The molecule has 2 aromatic rings. The number of nitrogens with two attached hydrogens (primary N) is 1. The van der Waals surface area contributed by atoms with Gasteiger partial charge in [0.15, 0.2) is 5.65 Å². The van der Waals surface area contributed by atoms with E-state index in [1.165, 1.54) is 0 Å². The van der Waals surface area contributed by atoms with Crippen LogP contribution in [0.5, 0.6) is 0 Å². The van der Waals surface area contributed by atoms with Crippen LogP contribution >= 0.6 is 24.8 Å². The maximum absolute atomic E-state index is 12.3. The Labute approximate surface area is 141 Å². The molecule has 1 aliphatic rings. The highest BCUT2D eigenvalue weighted by Crippen LogP contribution is 2.18. The number of aromatic amines is 1. The quantitative estimate of drug-likeness (QED) is 0.776. The van der Waals surface area contributed by atoms with Gasteiger partial charge in [0.2, 0.25) is 0 Å². The van der Waals surface area contributed by atoms with Crippen molar-refractivity contribution >= 4 is 41.8 Å². The Morgan fingerprint density at radius 3 is 2.68 bits per heavy atom.